The van der Waals surface area contributed by atoms with Crippen LogP contribution >= 0.6 is 0 Å². The maximum Gasteiger partial charge on any atom is 0.253 e. The number of β-amino-alcohol motifs (C(OH)–C–C–N with tert-alkyl or cyclic N) is 1. The first-order valence-electron chi connectivity index (χ1n) is 11.6. The molecule has 5 heteroatoms. The molecule has 1 aliphatic rings. The Morgan fingerprint density at radius 3 is 2.15 bits per heavy atom. The summed E-state index contributed by atoms with van der Waals surface area (Å²) >= 11 is 0. The van der Waals surface area contributed by atoms with Gasteiger partial charge in [0, 0.05) is 38.3 Å². The molecule has 0 aliphatic carbocycles. The molecule has 1 aliphatic heterocycles. The van der Waals surface area contributed by atoms with Gasteiger partial charge in [0.15, 0.2) is 0 Å². The zero-order valence-electron chi connectivity index (χ0n) is 19.1. The van der Waals surface area contributed by atoms with Crippen LogP contribution in [0.25, 0.3) is 0 Å². The predicted molar refractivity (Wildman–Crippen MR) is 130 cm³/mol. The topological polar surface area (TPSA) is 53.0 Å². The van der Waals surface area contributed by atoms with Crippen molar-refractivity contribution in [1.29, 1.82) is 0 Å². The number of carbonyl (C=O) groups is 1. The van der Waals surface area contributed by atoms with E-state index in [-0.39, 0.29) is 18.6 Å². The Hall–Kier alpha value is -2.99. The van der Waals surface area contributed by atoms with Gasteiger partial charge in [-0.2, -0.15) is 0 Å². The van der Waals surface area contributed by atoms with Crippen LogP contribution in [0.3, 0.4) is 0 Å². The Morgan fingerprint density at radius 2 is 1.48 bits per heavy atom. The summed E-state index contributed by atoms with van der Waals surface area (Å²) in [6, 6.07) is 27.8. The number of piperazine rings is 1. The van der Waals surface area contributed by atoms with Gasteiger partial charge < -0.3 is 14.7 Å². The van der Waals surface area contributed by atoms with Crippen LogP contribution in [-0.4, -0.2) is 66.2 Å². The van der Waals surface area contributed by atoms with Crippen LogP contribution in [0.15, 0.2) is 84.9 Å². The number of hydrogen-bond donors (Lipinski definition) is 1. The van der Waals surface area contributed by atoms with Crippen molar-refractivity contribution in [3.8, 4) is 0 Å². The number of benzene rings is 3. The summed E-state index contributed by atoms with van der Waals surface area (Å²) in [5.74, 6) is 0.0723. The normalized spacial score (nSPS) is 16.4. The number of aliphatic hydroxyl groups is 1. The Bertz CT molecular complexity index is 1020. The summed E-state index contributed by atoms with van der Waals surface area (Å²) in [7, 11) is 0. The minimum Gasteiger partial charge on any atom is -0.389 e. The van der Waals surface area contributed by atoms with Crippen molar-refractivity contribution >= 4 is 5.91 Å². The average molecular weight is 445 g/mol. The number of aryl methyl sites for hydroxylation is 1. The molecule has 1 saturated heterocycles. The zero-order valence-corrected chi connectivity index (χ0v) is 19.1. The van der Waals surface area contributed by atoms with E-state index in [0.29, 0.717) is 19.6 Å². The van der Waals surface area contributed by atoms with E-state index >= 15 is 0 Å². The van der Waals surface area contributed by atoms with Crippen molar-refractivity contribution in [3.05, 3.63) is 107 Å². The molecule has 1 N–H and O–H groups in total. The van der Waals surface area contributed by atoms with E-state index in [9.17, 15) is 9.90 Å². The van der Waals surface area contributed by atoms with Crippen molar-refractivity contribution in [3.63, 3.8) is 0 Å². The van der Waals surface area contributed by atoms with Gasteiger partial charge in [0.25, 0.3) is 5.91 Å². The molecule has 0 radical (unpaired) electrons. The van der Waals surface area contributed by atoms with Crippen LogP contribution < -0.4 is 0 Å². The molecule has 3 aromatic carbocycles. The molecule has 172 valence electrons. The van der Waals surface area contributed by atoms with Crippen molar-refractivity contribution in [1.82, 2.24) is 9.80 Å². The molecule has 0 bridgehead atoms. The molecule has 5 nitrogen and oxygen atoms in total. The largest absolute Gasteiger partial charge is 0.389 e. The third-order valence-corrected chi connectivity index (χ3v) is 6.18. The molecule has 4 rings (SSSR count). The Kier molecular flexibility index (Phi) is 7.89. The Balaban J connectivity index is 1.31. The molecule has 33 heavy (non-hydrogen) atoms. The van der Waals surface area contributed by atoms with Crippen LogP contribution in [0, 0.1) is 6.92 Å². The molecule has 0 spiro atoms. The van der Waals surface area contributed by atoms with Gasteiger partial charge in [-0.1, -0.05) is 72.8 Å². The summed E-state index contributed by atoms with van der Waals surface area (Å²) in [6.45, 7) is 5.68. The summed E-state index contributed by atoms with van der Waals surface area (Å²) in [4.78, 5) is 16.7. The van der Waals surface area contributed by atoms with E-state index in [1.807, 2.05) is 65.6 Å². The van der Waals surface area contributed by atoms with Crippen molar-refractivity contribution < 1.29 is 14.6 Å². The molecule has 0 saturated carbocycles. The van der Waals surface area contributed by atoms with Crippen molar-refractivity contribution in [2.24, 2.45) is 0 Å². The maximum absolute atomic E-state index is 12.6. The van der Waals surface area contributed by atoms with Crippen LogP contribution in [-0.2, 0) is 4.74 Å². The second-order valence-corrected chi connectivity index (χ2v) is 8.59. The number of hydrogen-bond acceptors (Lipinski definition) is 4. The minimum absolute atomic E-state index is 0.0723. The molecular formula is C28H32N2O3. The molecule has 1 heterocycles. The first-order valence-corrected chi connectivity index (χ1v) is 11.6. The van der Waals surface area contributed by atoms with Gasteiger partial charge in [0.1, 0.15) is 6.10 Å². The molecular weight excluding hydrogens is 412 g/mol. The lowest BCUT2D eigenvalue weighted by Gasteiger charge is -2.35. The molecule has 1 amide bonds. The Labute approximate surface area is 196 Å². The van der Waals surface area contributed by atoms with Crippen LogP contribution in [0.5, 0.6) is 0 Å². The molecule has 2 unspecified atom stereocenters. The summed E-state index contributed by atoms with van der Waals surface area (Å²) in [5.41, 5.74) is 4.08. The van der Waals surface area contributed by atoms with Crippen LogP contribution in [0.1, 0.15) is 33.2 Å². The minimum atomic E-state index is -0.600. The predicted octanol–water partition coefficient (Wildman–Crippen LogP) is 3.92. The monoisotopic (exact) mass is 444 g/mol. The number of ether oxygens (including phenoxy) is 1. The average Bonchev–Trinajstić information content (AvgIpc) is 2.86. The van der Waals surface area contributed by atoms with Gasteiger partial charge in [0.05, 0.1) is 12.7 Å². The van der Waals surface area contributed by atoms with Gasteiger partial charge in [-0.05, 0) is 35.7 Å². The first-order chi connectivity index (χ1) is 16.1. The van der Waals surface area contributed by atoms with Crippen molar-refractivity contribution in [2.45, 2.75) is 19.1 Å². The number of amides is 1. The SMILES string of the molecule is Cc1ccccc1C(OCC(O)CN1CCN(C(=O)c2ccccc2)CC1)c1ccccc1. The van der Waals surface area contributed by atoms with E-state index in [1.54, 1.807) is 0 Å². The number of rotatable bonds is 8. The highest BCUT2D eigenvalue weighted by molar-refractivity contribution is 5.94. The highest BCUT2D eigenvalue weighted by Gasteiger charge is 2.24. The van der Waals surface area contributed by atoms with Gasteiger partial charge in [-0.25, -0.2) is 0 Å². The molecule has 1 fully saturated rings. The summed E-state index contributed by atoms with van der Waals surface area (Å²) in [5, 5.41) is 10.7. The first kappa shape index (κ1) is 23.2. The Morgan fingerprint density at radius 1 is 0.879 bits per heavy atom. The van der Waals surface area contributed by atoms with Crippen molar-refractivity contribution in [2.75, 3.05) is 39.3 Å². The smallest absolute Gasteiger partial charge is 0.253 e. The van der Waals surface area contributed by atoms with Gasteiger partial charge in [0.2, 0.25) is 0 Å². The van der Waals surface area contributed by atoms with Gasteiger partial charge in [-0.15, -0.1) is 0 Å². The second kappa shape index (κ2) is 11.2. The summed E-state index contributed by atoms with van der Waals surface area (Å²) in [6.07, 6.45) is -0.820. The standard InChI is InChI=1S/C28H32N2O3/c1-22-10-8-9-15-26(22)27(23-11-4-2-5-12-23)33-21-25(31)20-29-16-18-30(19-17-29)28(32)24-13-6-3-7-14-24/h2-15,25,27,31H,16-21H2,1H3. The fourth-order valence-electron chi connectivity index (χ4n) is 4.33. The lowest BCUT2D eigenvalue weighted by Crippen LogP contribution is -2.50. The molecule has 2 atom stereocenters. The van der Waals surface area contributed by atoms with E-state index in [1.165, 1.54) is 5.56 Å². The van der Waals surface area contributed by atoms with E-state index in [4.69, 9.17) is 4.74 Å². The van der Waals surface area contributed by atoms with Gasteiger partial charge >= 0.3 is 0 Å². The number of aliphatic hydroxyl groups excluding tert-OH is 1. The van der Waals surface area contributed by atoms with Crippen LogP contribution in [0.4, 0.5) is 0 Å². The number of nitrogens with zero attached hydrogens (tertiary/aromatic N) is 2. The fourth-order valence-corrected chi connectivity index (χ4v) is 4.33. The molecule has 0 aromatic heterocycles. The van der Waals surface area contributed by atoms with E-state index < -0.39 is 6.10 Å². The lowest BCUT2D eigenvalue weighted by atomic mass is 9.97. The molecule has 3 aromatic rings. The van der Waals surface area contributed by atoms with Crippen LogP contribution in [0.2, 0.25) is 0 Å². The summed E-state index contributed by atoms with van der Waals surface area (Å²) < 4.78 is 6.27. The van der Waals surface area contributed by atoms with E-state index in [0.717, 1.165) is 29.8 Å². The van der Waals surface area contributed by atoms with E-state index in [2.05, 4.69) is 36.1 Å². The maximum atomic E-state index is 12.6. The quantitative estimate of drug-likeness (QED) is 0.572. The third-order valence-electron chi connectivity index (χ3n) is 6.18. The third kappa shape index (κ3) is 6.08. The lowest BCUT2D eigenvalue weighted by molar-refractivity contribution is -0.0138. The fraction of sp³-hybridized carbons (Fsp3) is 0.321. The van der Waals surface area contributed by atoms with Gasteiger partial charge in [-0.3, -0.25) is 9.69 Å². The number of carbonyl (C=O) groups excluding carboxylic acids is 1. The highest BCUT2D eigenvalue weighted by atomic mass is 16.5. The zero-order chi connectivity index (χ0) is 23.0. The second-order valence-electron chi connectivity index (χ2n) is 8.59. The highest BCUT2D eigenvalue weighted by Crippen LogP contribution is 2.28.